The number of hydrogen-bond acceptors (Lipinski definition) is 4. The molecule has 4 heteroatoms. The van der Waals surface area contributed by atoms with Crippen molar-refractivity contribution in [3.05, 3.63) is 48.0 Å². The summed E-state index contributed by atoms with van der Waals surface area (Å²) < 4.78 is 0. The standard InChI is InChI=1S/C13H8N2O2/c16-13(17)8-4-3-7-11-12(8)15-10-6-2-1-5-9(10)14-11/h1-7H,(H,16,17)/p-1. The van der Waals surface area contributed by atoms with Crippen molar-refractivity contribution in [2.24, 2.45) is 0 Å². The summed E-state index contributed by atoms with van der Waals surface area (Å²) in [7, 11) is 0. The minimum Gasteiger partial charge on any atom is -0.545 e. The van der Waals surface area contributed by atoms with Gasteiger partial charge in [-0.3, -0.25) is 0 Å². The maximum absolute atomic E-state index is 11.0. The van der Waals surface area contributed by atoms with Crippen LogP contribution in [0.5, 0.6) is 0 Å². The zero-order valence-corrected chi connectivity index (χ0v) is 8.75. The van der Waals surface area contributed by atoms with Gasteiger partial charge in [-0.2, -0.15) is 0 Å². The number of carboxylic acids is 1. The molecule has 0 radical (unpaired) electrons. The summed E-state index contributed by atoms with van der Waals surface area (Å²) in [5.74, 6) is -1.24. The van der Waals surface area contributed by atoms with Crippen molar-refractivity contribution < 1.29 is 9.90 Å². The average Bonchev–Trinajstić information content (AvgIpc) is 2.35. The van der Waals surface area contributed by atoms with Gasteiger partial charge in [0.2, 0.25) is 0 Å². The van der Waals surface area contributed by atoms with Crippen LogP contribution in [0.4, 0.5) is 0 Å². The summed E-state index contributed by atoms with van der Waals surface area (Å²) in [5.41, 5.74) is 2.42. The summed E-state index contributed by atoms with van der Waals surface area (Å²) in [6, 6.07) is 12.2. The van der Waals surface area contributed by atoms with Crippen molar-refractivity contribution in [1.82, 2.24) is 9.97 Å². The molecule has 0 saturated heterocycles. The molecule has 1 heterocycles. The third kappa shape index (κ3) is 1.50. The van der Waals surface area contributed by atoms with Crippen LogP contribution in [0.15, 0.2) is 42.5 Å². The smallest absolute Gasteiger partial charge is 0.0985 e. The number of hydrogen-bond donors (Lipinski definition) is 0. The molecule has 0 spiro atoms. The topological polar surface area (TPSA) is 65.9 Å². The van der Waals surface area contributed by atoms with E-state index in [-0.39, 0.29) is 5.56 Å². The Morgan fingerprint density at radius 3 is 2.24 bits per heavy atom. The number of carboxylic acid groups (broad SMARTS) is 1. The number of carbonyl (C=O) groups excluding carboxylic acids is 1. The molecular formula is C13H7N2O2-. The molecule has 0 saturated carbocycles. The molecule has 0 atom stereocenters. The molecule has 17 heavy (non-hydrogen) atoms. The van der Waals surface area contributed by atoms with Crippen LogP contribution in [-0.2, 0) is 0 Å². The highest BCUT2D eigenvalue weighted by molar-refractivity contribution is 6.01. The number of aromatic carboxylic acids is 1. The normalized spacial score (nSPS) is 10.8. The lowest BCUT2D eigenvalue weighted by atomic mass is 10.1. The number of nitrogens with zero attached hydrogens (tertiary/aromatic N) is 2. The van der Waals surface area contributed by atoms with Gasteiger partial charge in [0, 0.05) is 5.56 Å². The zero-order valence-electron chi connectivity index (χ0n) is 8.75. The molecule has 1 aromatic heterocycles. The first-order chi connectivity index (χ1) is 8.25. The molecule has 3 aromatic rings. The molecule has 0 aliphatic carbocycles. The first-order valence-electron chi connectivity index (χ1n) is 5.12. The monoisotopic (exact) mass is 223 g/mol. The van der Waals surface area contributed by atoms with Crippen LogP contribution in [0.25, 0.3) is 22.1 Å². The van der Waals surface area contributed by atoms with E-state index in [4.69, 9.17) is 0 Å². The van der Waals surface area contributed by atoms with E-state index in [1.54, 1.807) is 18.2 Å². The van der Waals surface area contributed by atoms with Gasteiger partial charge in [-0.25, -0.2) is 9.97 Å². The lowest BCUT2D eigenvalue weighted by Gasteiger charge is -2.06. The first-order valence-corrected chi connectivity index (χ1v) is 5.12. The summed E-state index contributed by atoms with van der Waals surface area (Å²) in [6.45, 7) is 0. The summed E-state index contributed by atoms with van der Waals surface area (Å²) in [5, 5.41) is 11.0. The lowest BCUT2D eigenvalue weighted by molar-refractivity contribution is -0.254. The number of benzene rings is 2. The van der Waals surface area contributed by atoms with Gasteiger partial charge in [-0.05, 0) is 18.2 Å². The zero-order chi connectivity index (χ0) is 11.8. The third-order valence-corrected chi connectivity index (χ3v) is 2.59. The largest absolute Gasteiger partial charge is 0.545 e. The quantitative estimate of drug-likeness (QED) is 0.580. The Hall–Kier alpha value is -2.49. The van der Waals surface area contributed by atoms with E-state index < -0.39 is 5.97 Å². The Morgan fingerprint density at radius 1 is 0.882 bits per heavy atom. The molecule has 0 N–H and O–H groups in total. The third-order valence-electron chi connectivity index (χ3n) is 2.59. The first kappa shape index (κ1) is 9.72. The van der Waals surface area contributed by atoms with Crippen LogP contribution < -0.4 is 5.11 Å². The second-order valence-electron chi connectivity index (χ2n) is 3.67. The minimum absolute atomic E-state index is 0.0701. The molecule has 4 nitrogen and oxygen atoms in total. The molecule has 2 aromatic carbocycles. The second kappa shape index (κ2) is 3.52. The van der Waals surface area contributed by atoms with Crippen molar-refractivity contribution in [3.8, 4) is 0 Å². The number of aromatic nitrogens is 2. The second-order valence-corrected chi connectivity index (χ2v) is 3.67. The van der Waals surface area contributed by atoms with Crippen molar-refractivity contribution in [2.45, 2.75) is 0 Å². The maximum Gasteiger partial charge on any atom is 0.0985 e. The van der Waals surface area contributed by atoms with E-state index in [0.29, 0.717) is 16.6 Å². The average molecular weight is 223 g/mol. The fourth-order valence-electron chi connectivity index (χ4n) is 1.81. The van der Waals surface area contributed by atoms with E-state index in [9.17, 15) is 9.90 Å². The molecule has 0 aliphatic heterocycles. The highest BCUT2D eigenvalue weighted by Gasteiger charge is 2.05. The van der Waals surface area contributed by atoms with Crippen molar-refractivity contribution in [3.63, 3.8) is 0 Å². The van der Waals surface area contributed by atoms with Gasteiger partial charge in [0.1, 0.15) is 0 Å². The Morgan fingerprint density at radius 2 is 1.53 bits per heavy atom. The Bertz CT molecular complexity index is 738. The van der Waals surface area contributed by atoms with Crippen molar-refractivity contribution in [1.29, 1.82) is 0 Å². The highest BCUT2D eigenvalue weighted by atomic mass is 16.4. The van der Waals surface area contributed by atoms with E-state index in [2.05, 4.69) is 9.97 Å². The Labute approximate surface area is 96.6 Å². The van der Waals surface area contributed by atoms with E-state index in [1.165, 1.54) is 6.07 Å². The lowest BCUT2D eigenvalue weighted by Crippen LogP contribution is -2.22. The molecule has 0 amide bonds. The van der Waals surface area contributed by atoms with Crippen LogP contribution in [-0.4, -0.2) is 15.9 Å². The summed E-state index contributed by atoms with van der Waals surface area (Å²) in [6.07, 6.45) is 0. The highest BCUT2D eigenvalue weighted by Crippen LogP contribution is 2.18. The SMILES string of the molecule is O=C([O-])c1cccc2nc3ccccc3nc12. The van der Waals surface area contributed by atoms with Gasteiger partial charge < -0.3 is 9.90 Å². The fraction of sp³-hybridized carbons (Fsp3) is 0. The van der Waals surface area contributed by atoms with E-state index >= 15 is 0 Å². The molecular weight excluding hydrogens is 216 g/mol. The van der Waals surface area contributed by atoms with Gasteiger partial charge in [-0.1, -0.05) is 24.3 Å². The predicted molar refractivity (Wildman–Crippen MR) is 61.4 cm³/mol. The van der Waals surface area contributed by atoms with Gasteiger partial charge in [0.25, 0.3) is 0 Å². The summed E-state index contributed by atoms with van der Waals surface area (Å²) >= 11 is 0. The number of para-hydroxylation sites is 3. The van der Waals surface area contributed by atoms with Crippen molar-refractivity contribution >= 4 is 28.0 Å². The van der Waals surface area contributed by atoms with Gasteiger partial charge in [0.15, 0.2) is 0 Å². The molecule has 0 unspecified atom stereocenters. The molecule has 0 bridgehead atoms. The maximum atomic E-state index is 11.0. The summed E-state index contributed by atoms with van der Waals surface area (Å²) in [4.78, 5) is 19.7. The van der Waals surface area contributed by atoms with Crippen LogP contribution in [0.1, 0.15) is 10.4 Å². The van der Waals surface area contributed by atoms with Crippen LogP contribution in [0.3, 0.4) is 0 Å². The van der Waals surface area contributed by atoms with Crippen LogP contribution in [0.2, 0.25) is 0 Å². The Kier molecular flexibility index (Phi) is 2.01. The predicted octanol–water partition coefficient (Wildman–Crippen LogP) is 1.15. The molecule has 3 rings (SSSR count). The molecule has 82 valence electrons. The fourth-order valence-corrected chi connectivity index (χ4v) is 1.81. The minimum atomic E-state index is -1.24. The number of fused-ring (bicyclic) bond motifs is 2. The van der Waals surface area contributed by atoms with Gasteiger partial charge in [0.05, 0.1) is 28.0 Å². The van der Waals surface area contributed by atoms with E-state index in [1.807, 2.05) is 18.2 Å². The van der Waals surface area contributed by atoms with Gasteiger partial charge >= 0.3 is 0 Å². The molecule has 0 fully saturated rings. The Balaban J connectivity index is 2.47. The van der Waals surface area contributed by atoms with E-state index in [0.717, 1.165) is 5.52 Å². The van der Waals surface area contributed by atoms with Crippen LogP contribution >= 0.6 is 0 Å². The van der Waals surface area contributed by atoms with Crippen molar-refractivity contribution in [2.75, 3.05) is 0 Å². The molecule has 0 aliphatic rings. The number of rotatable bonds is 1. The van der Waals surface area contributed by atoms with Crippen LogP contribution in [0, 0.1) is 0 Å². The number of carbonyl (C=O) groups is 1. The van der Waals surface area contributed by atoms with Gasteiger partial charge in [-0.15, -0.1) is 0 Å².